The van der Waals surface area contributed by atoms with Crippen molar-refractivity contribution in [3.8, 4) is 0 Å². The van der Waals surface area contributed by atoms with E-state index >= 15 is 0 Å². The summed E-state index contributed by atoms with van der Waals surface area (Å²) in [6, 6.07) is 0. The summed E-state index contributed by atoms with van der Waals surface area (Å²) in [5.74, 6) is 0.551. The van der Waals surface area contributed by atoms with Crippen LogP contribution in [0.25, 0.3) is 0 Å². The fourth-order valence-electron chi connectivity index (χ4n) is 1.68. The molecule has 0 aliphatic carbocycles. The summed E-state index contributed by atoms with van der Waals surface area (Å²) in [5.41, 5.74) is 0. The zero-order valence-electron chi connectivity index (χ0n) is 9.70. The molecule has 1 N–H and O–H groups in total. The summed E-state index contributed by atoms with van der Waals surface area (Å²) in [7, 11) is -3.02. The molecular formula is C10H22N2O2S. The predicted molar refractivity (Wildman–Crippen MR) is 62.3 cm³/mol. The molecule has 0 aromatic rings. The SMILES string of the molecule is CCC(C)CS(=O)(=O)N1CCCNCC1. The lowest BCUT2D eigenvalue weighted by atomic mass is 10.2. The molecule has 4 nitrogen and oxygen atoms in total. The monoisotopic (exact) mass is 234 g/mol. The van der Waals surface area contributed by atoms with E-state index in [1.54, 1.807) is 4.31 Å². The molecule has 1 fully saturated rings. The molecule has 15 heavy (non-hydrogen) atoms. The fraction of sp³-hybridized carbons (Fsp3) is 1.00. The summed E-state index contributed by atoms with van der Waals surface area (Å²) in [5, 5.41) is 3.21. The number of sulfonamides is 1. The first-order chi connectivity index (χ1) is 7.06. The van der Waals surface area contributed by atoms with Crippen molar-refractivity contribution in [3.05, 3.63) is 0 Å². The first kappa shape index (κ1) is 12.9. The molecular weight excluding hydrogens is 212 g/mol. The molecule has 1 unspecified atom stereocenters. The van der Waals surface area contributed by atoms with E-state index in [0.29, 0.717) is 18.8 Å². The zero-order valence-corrected chi connectivity index (χ0v) is 10.5. The average molecular weight is 234 g/mol. The third-order valence-corrected chi connectivity index (χ3v) is 5.03. The average Bonchev–Trinajstić information content (AvgIpc) is 2.45. The second-order valence-electron chi connectivity index (χ2n) is 4.29. The Balaban J connectivity index is 2.58. The van der Waals surface area contributed by atoms with Gasteiger partial charge in [0.1, 0.15) is 0 Å². The van der Waals surface area contributed by atoms with E-state index in [4.69, 9.17) is 0 Å². The summed E-state index contributed by atoms with van der Waals surface area (Å²) in [6.45, 7) is 7.03. The maximum atomic E-state index is 12.0. The van der Waals surface area contributed by atoms with Crippen LogP contribution in [-0.2, 0) is 10.0 Å². The maximum absolute atomic E-state index is 12.0. The van der Waals surface area contributed by atoms with Crippen molar-refractivity contribution < 1.29 is 8.42 Å². The van der Waals surface area contributed by atoms with Gasteiger partial charge in [-0.25, -0.2) is 12.7 Å². The second-order valence-corrected chi connectivity index (χ2v) is 6.31. The van der Waals surface area contributed by atoms with Crippen molar-refractivity contribution in [2.75, 3.05) is 31.9 Å². The lowest BCUT2D eigenvalue weighted by molar-refractivity contribution is 0.424. The van der Waals surface area contributed by atoms with E-state index in [9.17, 15) is 8.42 Å². The third-order valence-electron chi connectivity index (χ3n) is 2.88. The molecule has 1 atom stereocenters. The molecule has 1 heterocycles. The molecule has 1 aliphatic rings. The minimum Gasteiger partial charge on any atom is -0.315 e. The lowest BCUT2D eigenvalue weighted by Gasteiger charge is -2.21. The van der Waals surface area contributed by atoms with Crippen molar-refractivity contribution in [1.82, 2.24) is 9.62 Å². The van der Waals surface area contributed by atoms with Gasteiger partial charge in [-0.15, -0.1) is 0 Å². The van der Waals surface area contributed by atoms with Gasteiger partial charge >= 0.3 is 0 Å². The van der Waals surface area contributed by atoms with Gasteiger partial charge < -0.3 is 5.32 Å². The zero-order chi connectivity index (χ0) is 11.3. The van der Waals surface area contributed by atoms with Crippen molar-refractivity contribution in [3.63, 3.8) is 0 Å². The molecule has 0 radical (unpaired) electrons. The summed E-state index contributed by atoms with van der Waals surface area (Å²) < 4.78 is 25.6. The Labute approximate surface area is 93.1 Å². The minimum absolute atomic E-state index is 0.256. The first-order valence-electron chi connectivity index (χ1n) is 5.75. The number of nitrogens with one attached hydrogen (secondary N) is 1. The molecule has 0 saturated carbocycles. The van der Waals surface area contributed by atoms with Crippen LogP contribution in [0.5, 0.6) is 0 Å². The number of rotatable bonds is 4. The van der Waals surface area contributed by atoms with Crippen molar-refractivity contribution in [1.29, 1.82) is 0 Å². The molecule has 0 aromatic carbocycles. The van der Waals surface area contributed by atoms with Gasteiger partial charge in [0.15, 0.2) is 0 Å². The van der Waals surface area contributed by atoms with Gasteiger partial charge in [0.2, 0.25) is 10.0 Å². The molecule has 0 amide bonds. The maximum Gasteiger partial charge on any atom is 0.214 e. The quantitative estimate of drug-likeness (QED) is 0.777. The van der Waals surface area contributed by atoms with Crippen LogP contribution in [0.3, 0.4) is 0 Å². The summed E-state index contributed by atoms with van der Waals surface area (Å²) in [4.78, 5) is 0. The Morgan fingerprint density at radius 1 is 1.33 bits per heavy atom. The summed E-state index contributed by atoms with van der Waals surface area (Å²) in [6.07, 6.45) is 1.84. The van der Waals surface area contributed by atoms with Gasteiger partial charge in [0.05, 0.1) is 5.75 Å². The van der Waals surface area contributed by atoms with Crippen LogP contribution in [0.4, 0.5) is 0 Å². The molecule has 1 rings (SSSR count). The van der Waals surface area contributed by atoms with Gasteiger partial charge in [-0.05, 0) is 18.9 Å². The predicted octanol–water partition coefficient (Wildman–Crippen LogP) is 0.658. The van der Waals surface area contributed by atoms with Crippen molar-refractivity contribution >= 4 is 10.0 Å². The Morgan fingerprint density at radius 2 is 2.07 bits per heavy atom. The first-order valence-corrected chi connectivity index (χ1v) is 7.35. The third kappa shape index (κ3) is 4.09. The van der Waals surface area contributed by atoms with Crippen molar-refractivity contribution in [2.45, 2.75) is 26.7 Å². The smallest absolute Gasteiger partial charge is 0.214 e. The van der Waals surface area contributed by atoms with E-state index in [0.717, 1.165) is 25.9 Å². The highest BCUT2D eigenvalue weighted by molar-refractivity contribution is 7.89. The largest absolute Gasteiger partial charge is 0.315 e. The Kier molecular flexibility index (Phi) is 5.02. The highest BCUT2D eigenvalue weighted by Gasteiger charge is 2.24. The standard InChI is InChI=1S/C10H22N2O2S/c1-3-10(2)9-15(13,14)12-7-4-5-11-6-8-12/h10-11H,3-9H2,1-2H3. The van der Waals surface area contributed by atoms with Crippen molar-refractivity contribution in [2.24, 2.45) is 5.92 Å². The fourth-order valence-corrected chi connectivity index (χ4v) is 3.62. The molecule has 0 bridgehead atoms. The molecule has 1 aliphatic heterocycles. The van der Waals surface area contributed by atoms with E-state index < -0.39 is 10.0 Å². The molecule has 5 heteroatoms. The van der Waals surface area contributed by atoms with Crippen LogP contribution in [0.15, 0.2) is 0 Å². The van der Waals surface area contributed by atoms with Crippen LogP contribution in [0.2, 0.25) is 0 Å². The van der Waals surface area contributed by atoms with Gasteiger partial charge in [0.25, 0.3) is 0 Å². The second kappa shape index (κ2) is 5.82. The Hall–Kier alpha value is -0.130. The van der Waals surface area contributed by atoms with Gasteiger partial charge in [-0.1, -0.05) is 20.3 Å². The van der Waals surface area contributed by atoms with Crippen LogP contribution >= 0.6 is 0 Å². The van der Waals surface area contributed by atoms with Gasteiger partial charge in [-0.3, -0.25) is 0 Å². The molecule has 90 valence electrons. The van der Waals surface area contributed by atoms with Gasteiger partial charge in [-0.2, -0.15) is 0 Å². The van der Waals surface area contributed by atoms with Crippen LogP contribution in [-0.4, -0.2) is 44.7 Å². The number of nitrogens with zero attached hydrogens (tertiary/aromatic N) is 1. The molecule has 0 aromatic heterocycles. The van der Waals surface area contributed by atoms with E-state index in [1.165, 1.54) is 0 Å². The van der Waals surface area contributed by atoms with E-state index in [2.05, 4.69) is 5.32 Å². The Bertz CT molecular complexity index is 269. The minimum atomic E-state index is -3.02. The highest BCUT2D eigenvalue weighted by Crippen LogP contribution is 2.11. The van der Waals surface area contributed by atoms with E-state index in [1.807, 2.05) is 13.8 Å². The van der Waals surface area contributed by atoms with Crippen LogP contribution in [0.1, 0.15) is 26.7 Å². The molecule has 0 spiro atoms. The van der Waals surface area contributed by atoms with Crippen LogP contribution in [0, 0.1) is 5.92 Å². The number of hydrogen-bond donors (Lipinski definition) is 1. The topological polar surface area (TPSA) is 49.4 Å². The Morgan fingerprint density at radius 3 is 2.73 bits per heavy atom. The lowest BCUT2D eigenvalue weighted by Crippen LogP contribution is -2.37. The number of hydrogen-bond acceptors (Lipinski definition) is 3. The van der Waals surface area contributed by atoms with Gasteiger partial charge in [0, 0.05) is 19.6 Å². The van der Waals surface area contributed by atoms with E-state index in [-0.39, 0.29) is 5.92 Å². The highest BCUT2D eigenvalue weighted by atomic mass is 32.2. The molecule has 1 saturated heterocycles. The normalized spacial score (nSPS) is 22.3. The van der Waals surface area contributed by atoms with Crippen LogP contribution < -0.4 is 5.32 Å². The summed E-state index contributed by atoms with van der Waals surface area (Å²) >= 11 is 0.